The van der Waals surface area contributed by atoms with E-state index in [9.17, 15) is 17.6 Å². The first-order chi connectivity index (χ1) is 11.8. The van der Waals surface area contributed by atoms with Gasteiger partial charge in [-0.2, -0.15) is 0 Å². The number of aryl methyl sites for hydroxylation is 1. The van der Waals surface area contributed by atoms with Crippen LogP contribution in [0.5, 0.6) is 0 Å². The van der Waals surface area contributed by atoms with E-state index in [2.05, 4.69) is 4.72 Å². The molecule has 1 aromatic carbocycles. The predicted octanol–water partition coefficient (Wildman–Crippen LogP) is 2.95. The third-order valence-electron chi connectivity index (χ3n) is 4.07. The van der Waals surface area contributed by atoms with Gasteiger partial charge in [-0.3, -0.25) is 9.52 Å². The van der Waals surface area contributed by atoms with Crippen molar-refractivity contribution in [3.8, 4) is 0 Å². The van der Waals surface area contributed by atoms with Gasteiger partial charge >= 0.3 is 0 Å². The lowest BCUT2D eigenvalue weighted by Gasteiger charge is -2.17. The molecule has 0 radical (unpaired) electrons. The van der Waals surface area contributed by atoms with Gasteiger partial charge in [0.25, 0.3) is 15.9 Å². The third kappa shape index (κ3) is 3.50. The van der Waals surface area contributed by atoms with Crippen LogP contribution in [0.2, 0.25) is 5.02 Å². The highest BCUT2D eigenvalue weighted by Gasteiger charge is 2.26. The average Bonchev–Trinajstić information content (AvgIpc) is 2.93. The number of fused-ring (bicyclic) bond motifs is 1. The molecule has 3 rings (SSSR count). The molecule has 0 fully saturated rings. The highest BCUT2D eigenvalue weighted by molar-refractivity contribution is 7.92. The maximum atomic E-state index is 13.9. The van der Waals surface area contributed by atoms with Gasteiger partial charge < -0.3 is 9.47 Å². The summed E-state index contributed by atoms with van der Waals surface area (Å²) in [4.78, 5) is 14.1. The Morgan fingerprint density at radius 1 is 1.28 bits per heavy atom. The Balaban J connectivity index is 1.94. The highest BCUT2D eigenvalue weighted by atomic mass is 35.5. The van der Waals surface area contributed by atoms with Crippen LogP contribution in [-0.4, -0.2) is 36.9 Å². The molecule has 9 heteroatoms. The fraction of sp³-hybridized carbons (Fsp3) is 0.312. The molecule has 0 atom stereocenters. The second-order valence-corrected chi connectivity index (χ2v) is 7.84. The summed E-state index contributed by atoms with van der Waals surface area (Å²) >= 11 is 5.67. The Morgan fingerprint density at radius 3 is 2.72 bits per heavy atom. The van der Waals surface area contributed by atoms with Gasteiger partial charge in [0.2, 0.25) is 0 Å². The Hall–Kier alpha value is -2.06. The Bertz CT molecular complexity index is 927. The van der Waals surface area contributed by atoms with Gasteiger partial charge in [0.15, 0.2) is 0 Å². The van der Waals surface area contributed by atoms with Crippen LogP contribution in [0, 0.1) is 5.82 Å². The van der Waals surface area contributed by atoms with Gasteiger partial charge in [-0.05, 0) is 37.6 Å². The lowest BCUT2D eigenvalue weighted by Crippen LogP contribution is -2.30. The summed E-state index contributed by atoms with van der Waals surface area (Å²) in [5, 5.41) is 0.168. The van der Waals surface area contributed by atoms with Crippen LogP contribution in [0.3, 0.4) is 0 Å². The molecule has 0 spiro atoms. The topological polar surface area (TPSA) is 71.4 Å². The quantitative estimate of drug-likeness (QED) is 0.879. The number of rotatable bonds is 4. The van der Waals surface area contributed by atoms with Crippen molar-refractivity contribution >= 4 is 33.2 Å². The molecular formula is C16H17ClFN3O3S. The number of hydrogen-bond donors (Lipinski definition) is 1. The zero-order chi connectivity index (χ0) is 18.2. The average molecular weight is 386 g/mol. The normalized spacial score (nSPS) is 15.0. The zero-order valence-electron chi connectivity index (χ0n) is 13.5. The SMILES string of the molecule is CCN1CCCn2cc(S(=O)(=O)Nc3ccc(Cl)cc3F)cc2C1=O. The number of amides is 1. The third-order valence-corrected chi connectivity index (χ3v) is 5.64. The monoisotopic (exact) mass is 385 g/mol. The molecule has 0 saturated heterocycles. The van der Waals surface area contributed by atoms with Gasteiger partial charge in [-0.25, -0.2) is 12.8 Å². The Kier molecular flexibility index (Phi) is 4.75. The second kappa shape index (κ2) is 6.68. The maximum absolute atomic E-state index is 13.9. The van der Waals surface area contributed by atoms with Gasteiger partial charge in [0.05, 0.1) is 5.69 Å². The molecule has 1 aromatic heterocycles. The van der Waals surface area contributed by atoms with Crippen molar-refractivity contribution in [2.45, 2.75) is 24.8 Å². The lowest BCUT2D eigenvalue weighted by atomic mass is 10.3. The van der Waals surface area contributed by atoms with Crippen LogP contribution in [0.25, 0.3) is 0 Å². The molecule has 1 aliphatic rings. The number of nitrogens with zero attached hydrogens (tertiary/aromatic N) is 2. The summed E-state index contributed by atoms with van der Waals surface area (Å²) in [7, 11) is -4.03. The first-order valence-electron chi connectivity index (χ1n) is 7.79. The summed E-state index contributed by atoms with van der Waals surface area (Å²) in [5.41, 5.74) is 0.114. The smallest absolute Gasteiger partial charge is 0.270 e. The number of halogens is 2. The van der Waals surface area contributed by atoms with E-state index in [1.54, 1.807) is 9.47 Å². The van der Waals surface area contributed by atoms with E-state index >= 15 is 0 Å². The van der Waals surface area contributed by atoms with E-state index in [4.69, 9.17) is 11.6 Å². The first kappa shape index (κ1) is 17.8. The summed E-state index contributed by atoms with van der Waals surface area (Å²) in [5.74, 6) is -0.982. The minimum atomic E-state index is -4.03. The number of carbonyl (C=O) groups excluding carboxylic acids is 1. The van der Waals surface area contributed by atoms with Gasteiger partial charge in [0.1, 0.15) is 16.4 Å². The number of carbonyl (C=O) groups is 1. The van der Waals surface area contributed by atoms with E-state index in [0.717, 1.165) is 12.5 Å². The Morgan fingerprint density at radius 2 is 2.04 bits per heavy atom. The van der Waals surface area contributed by atoms with Crippen LogP contribution in [0.4, 0.5) is 10.1 Å². The molecule has 0 aliphatic carbocycles. The Labute approximate surface area is 150 Å². The van der Waals surface area contributed by atoms with Crippen LogP contribution in [0.15, 0.2) is 35.4 Å². The number of sulfonamides is 1. The maximum Gasteiger partial charge on any atom is 0.270 e. The van der Waals surface area contributed by atoms with Crippen molar-refractivity contribution in [3.05, 3.63) is 47.0 Å². The van der Waals surface area contributed by atoms with E-state index in [0.29, 0.717) is 25.3 Å². The molecule has 2 heterocycles. The van der Waals surface area contributed by atoms with E-state index < -0.39 is 15.8 Å². The second-order valence-electron chi connectivity index (χ2n) is 5.72. The van der Waals surface area contributed by atoms with Crippen LogP contribution < -0.4 is 4.72 Å². The van der Waals surface area contributed by atoms with Crippen molar-refractivity contribution in [3.63, 3.8) is 0 Å². The van der Waals surface area contributed by atoms with Crippen LogP contribution >= 0.6 is 11.6 Å². The van der Waals surface area contributed by atoms with Gasteiger partial charge in [0, 0.05) is 30.9 Å². The van der Waals surface area contributed by atoms with Crippen molar-refractivity contribution in [2.75, 3.05) is 17.8 Å². The summed E-state index contributed by atoms with van der Waals surface area (Å²) in [6, 6.07) is 4.99. The largest absolute Gasteiger partial charge is 0.342 e. The summed E-state index contributed by atoms with van der Waals surface area (Å²) < 4.78 is 42.8. The molecule has 134 valence electrons. The fourth-order valence-electron chi connectivity index (χ4n) is 2.77. The molecule has 0 unspecified atom stereocenters. The fourth-order valence-corrected chi connectivity index (χ4v) is 4.03. The molecule has 1 N–H and O–H groups in total. The minimum Gasteiger partial charge on any atom is -0.342 e. The molecule has 0 bridgehead atoms. The molecule has 6 nitrogen and oxygen atoms in total. The van der Waals surface area contributed by atoms with Crippen molar-refractivity contribution < 1.29 is 17.6 Å². The number of aromatic nitrogens is 1. The van der Waals surface area contributed by atoms with E-state index in [1.807, 2.05) is 6.92 Å². The number of hydrogen-bond acceptors (Lipinski definition) is 3. The van der Waals surface area contributed by atoms with Crippen LogP contribution in [0.1, 0.15) is 23.8 Å². The number of anilines is 1. The van der Waals surface area contributed by atoms with E-state index in [-0.39, 0.29) is 21.5 Å². The zero-order valence-corrected chi connectivity index (χ0v) is 15.1. The van der Waals surface area contributed by atoms with Crippen molar-refractivity contribution in [1.82, 2.24) is 9.47 Å². The lowest BCUT2D eigenvalue weighted by molar-refractivity contribution is 0.0766. The van der Waals surface area contributed by atoms with Crippen molar-refractivity contribution in [1.29, 1.82) is 0 Å². The van der Waals surface area contributed by atoms with Crippen molar-refractivity contribution in [2.24, 2.45) is 0 Å². The molecular weight excluding hydrogens is 369 g/mol. The van der Waals surface area contributed by atoms with E-state index in [1.165, 1.54) is 24.4 Å². The molecule has 1 aliphatic heterocycles. The van der Waals surface area contributed by atoms with Gasteiger partial charge in [-0.1, -0.05) is 11.6 Å². The van der Waals surface area contributed by atoms with Gasteiger partial charge in [-0.15, -0.1) is 0 Å². The summed E-state index contributed by atoms with van der Waals surface area (Å²) in [6.07, 6.45) is 2.14. The highest BCUT2D eigenvalue weighted by Crippen LogP contribution is 2.24. The molecule has 25 heavy (non-hydrogen) atoms. The number of benzene rings is 1. The van der Waals surface area contributed by atoms with Crippen LogP contribution in [-0.2, 0) is 16.6 Å². The molecule has 0 saturated carbocycles. The molecule has 2 aromatic rings. The standard InChI is InChI=1S/C16H17ClFN3O3S/c1-2-20-6-3-7-21-10-12(9-15(21)16(20)22)25(23,24)19-14-5-4-11(17)8-13(14)18/h4-5,8-10,19H,2-3,6-7H2,1H3. The first-order valence-corrected chi connectivity index (χ1v) is 9.65. The number of nitrogens with one attached hydrogen (secondary N) is 1. The summed E-state index contributed by atoms with van der Waals surface area (Å²) in [6.45, 7) is 3.61. The molecule has 1 amide bonds. The minimum absolute atomic E-state index is 0.0804. The predicted molar refractivity (Wildman–Crippen MR) is 92.8 cm³/mol.